The zero-order chi connectivity index (χ0) is 21.3. The van der Waals surface area contributed by atoms with Gasteiger partial charge in [0.15, 0.2) is 5.65 Å². The number of fused-ring (bicyclic) bond motifs is 1. The van der Waals surface area contributed by atoms with Crippen LogP contribution in [0.3, 0.4) is 0 Å². The number of anilines is 1. The van der Waals surface area contributed by atoms with Crippen LogP contribution in [0.1, 0.15) is 49.2 Å². The van der Waals surface area contributed by atoms with Gasteiger partial charge in [0.25, 0.3) is 5.91 Å². The van der Waals surface area contributed by atoms with Crippen LogP contribution in [-0.4, -0.2) is 30.5 Å². The van der Waals surface area contributed by atoms with E-state index in [4.69, 9.17) is 4.98 Å². The number of hydrogen-bond donors (Lipinski definition) is 1. The molecule has 0 unspecified atom stereocenters. The average molecular weight is 403 g/mol. The number of rotatable bonds is 6. The lowest BCUT2D eigenvalue weighted by molar-refractivity contribution is 0.102. The van der Waals surface area contributed by atoms with Gasteiger partial charge in [-0.05, 0) is 38.8 Å². The fourth-order valence-corrected chi connectivity index (χ4v) is 3.59. The Morgan fingerprint density at radius 2 is 1.97 bits per heavy atom. The third-order valence-electron chi connectivity index (χ3n) is 5.12. The number of aromatic nitrogens is 5. The molecular weight excluding hydrogens is 376 g/mol. The van der Waals surface area contributed by atoms with Gasteiger partial charge in [-0.15, -0.1) is 0 Å². The number of carbonyl (C=O) groups is 1. The van der Waals surface area contributed by atoms with Crippen molar-refractivity contribution in [2.45, 2.75) is 46.7 Å². The van der Waals surface area contributed by atoms with Gasteiger partial charge in [0.2, 0.25) is 0 Å². The summed E-state index contributed by atoms with van der Waals surface area (Å²) < 4.78 is 3.66. The van der Waals surface area contributed by atoms with Crippen molar-refractivity contribution in [3.8, 4) is 11.3 Å². The number of amides is 1. The molecule has 0 atom stereocenters. The third-order valence-corrected chi connectivity index (χ3v) is 5.12. The highest BCUT2D eigenvalue weighted by atomic mass is 16.1. The summed E-state index contributed by atoms with van der Waals surface area (Å²) in [5.41, 5.74) is 4.12. The van der Waals surface area contributed by atoms with Crippen LogP contribution in [0.15, 0.2) is 48.8 Å². The fourth-order valence-electron chi connectivity index (χ4n) is 3.59. The molecular formula is C23H26N6O. The Morgan fingerprint density at radius 3 is 2.70 bits per heavy atom. The van der Waals surface area contributed by atoms with E-state index in [0.717, 1.165) is 35.2 Å². The van der Waals surface area contributed by atoms with Gasteiger partial charge < -0.3 is 5.32 Å². The summed E-state index contributed by atoms with van der Waals surface area (Å²) >= 11 is 0. The van der Waals surface area contributed by atoms with Crippen LogP contribution in [0.5, 0.6) is 0 Å². The predicted molar refractivity (Wildman–Crippen MR) is 119 cm³/mol. The normalized spacial score (nSPS) is 11.4. The quantitative estimate of drug-likeness (QED) is 0.500. The maximum absolute atomic E-state index is 13.3. The van der Waals surface area contributed by atoms with E-state index in [0.29, 0.717) is 17.0 Å². The molecule has 7 heteroatoms. The third kappa shape index (κ3) is 3.58. The summed E-state index contributed by atoms with van der Waals surface area (Å²) in [6.07, 6.45) is 4.35. The number of benzene rings is 1. The molecule has 1 amide bonds. The van der Waals surface area contributed by atoms with E-state index in [2.05, 4.69) is 36.3 Å². The summed E-state index contributed by atoms with van der Waals surface area (Å²) in [5.74, 6) is 0.485. The van der Waals surface area contributed by atoms with Crippen LogP contribution in [0, 0.1) is 6.92 Å². The lowest BCUT2D eigenvalue weighted by Crippen LogP contribution is -2.16. The molecule has 154 valence electrons. The lowest BCUT2D eigenvalue weighted by atomic mass is 10.0. The zero-order valence-corrected chi connectivity index (χ0v) is 17.8. The number of aryl methyl sites for hydroxylation is 2. The molecule has 7 nitrogen and oxygen atoms in total. The Balaban J connectivity index is 1.84. The van der Waals surface area contributed by atoms with E-state index in [-0.39, 0.29) is 11.9 Å². The van der Waals surface area contributed by atoms with Crippen LogP contribution in [-0.2, 0) is 6.54 Å². The van der Waals surface area contributed by atoms with Gasteiger partial charge in [0.05, 0.1) is 29.0 Å². The zero-order valence-electron chi connectivity index (χ0n) is 17.8. The maximum Gasteiger partial charge on any atom is 0.257 e. The van der Waals surface area contributed by atoms with Crippen molar-refractivity contribution in [2.75, 3.05) is 5.32 Å². The van der Waals surface area contributed by atoms with E-state index in [1.54, 1.807) is 17.1 Å². The molecule has 0 spiro atoms. The molecule has 0 aliphatic heterocycles. The van der Waals surface area contributed by atoms with E-state index in [1.807, 2.05) is 48.0 Å². The van der Waals surface area contributed by atoms with E-state index in [9.17, 15) is 4.79 Å². The minimum absolute atomic E-state index is 0.129. The first-order chi connectivity index (χ1) is 14.5. The fraction of sp³-hybridized carbons (Fsp3) is 0.304. The summed E-state index contributed by atoms with van der Waals surface area (Å²) in [7, 11) is 0. The Kier molecular flexibility index (Phi) is 5.35. The maximum atomic E-state index is 13.3. The van der Waals surface area contributed by atoms with Gasteiger partial charge >= 0.3 is 0 Å². The highest BCUT2D eigenvalue weighted by Crippen LogP contribution is 2.28. The highest BCUT2D eigenvalue weighted by Gasteiger charge is 2.20. The molecule has 0 aliphatic rings. The highest BCUT2D eigenvalue weighted by molar-refractivity contribution is 6.12. The smallest absolute Gasteiger partial charge is 0.257 e. The molecule has 0 aliphatic carbocycles. The Bertz CT molecular complexity index is 1200. The summed E-state index contributed by atoms with van der Waals surface area (Å²) in [5, 5.41) is 12.5. The van der Waals surface area contributed by atoms with Gasteiger partial charge in [0.1, 0.15) is 5.82 Å². The molecule has 0 radical (unpaired) electrons. The number of pyridine rings is 1. The van der Waals surface area contributed by atoms with Crippen LogP contribution in [0.4, 0.5) is 5.82 Å². The van der Waals surface area contributed by atoms with Crippen LogP contribution < -0.4 is 5.32 Å². The first kappa shape index (κ1) is 19.8. The average Bonchev–Trinajstić information content (AvgIpc) is 3.35. The number of carbonyl (C=O) groups excluding carboxylic acids is 1. The summed E-state index contributed by atoms with van der Waals surface area (Å²) in [6, 6.07) is 11.8. The minimum Gasteiger partial charge on any atom is -0.307 e. The molecule has 3 aromatic heterocycles. The standard InChI is InChI=1S/C23H26N6O/c1-5-12-28-21(10-11-24-28)27-23(30)18-13-20(17-9-7-6-8-16(17)4)26-22-19(18)14-25-29(22)15(2)3/h6-11,13-15H,5,12H2,1-4H3,(H,27,30). The lowest BCUT2D eigenvalue weighted by Gasteiger charge is -2.12. The SMILES string of the molecule is CCCn1nccc1NC(=O)c1cc(-c2ccccc2C)nc2c1cnn2C(C)C. The van der Waals surface area contributed by atoms with E-state index < -0.39 is 0 Å². The van der Waals surface area contributed by atoms with Gasteiger partial charge in [-0.2, -0.15) is 10.2 Å². The van der Waals surface area contributed by atoms with Crippen molar-refractivity contribution >= 4 is 22.8 Å². The van der Waals surface area contributed by atoms with E-state index in [1.165, 1.54) is 0 Å². The monoisotopic (exact) mass is 402 g/mol. The first-order valence-corrected chi connectivity index (χ1v) is 10.3. The van der Waals surface area contributed by atoms with Crippen molar-refractivity contribution in [3.05, 3.63) is 59.9 Å². The second kappa shape index (κ2) is 8.10. The number of nitrogens with zero attached hydrogens (tertiary/aromatic N) is 5. The summed E-state index contributed by atoms with van der Waals surface area (Å²) in [4.78, 5) is 18.2. The van der Waals surface area contributed by atoms with Crippen molar-refractivity contribution in [3.63, 3.8) is 0 Å². The molecule has 4 rings (SSSR count). The molecule has 30 heavy (non-hydrogen) atoms. The largest absolute Gasteiger partial charge is 0.307 e. The van der Waals surface area contributed by atoms with Gasteiger partial charge in [0, 0.05) is 24.2 Å². The van der Waals surface area contributed by atoms with Crippen LogP contribution in [0.25, 0.3) is 22.3 Å². The van der Waals surface area contributed by atoms with Crippen molar-refractivity contribution in [1.29, 1.82) is 0 Å². The van der Waals surface area contributed by atoms with Crippen molar-refractivity contribution in [2.24, 2.45) is 0 Å². The molecule has 0 bridgehead atoms. The molecule has 1 aromatic carbocycles. The Hall–Kier alpha value is -3.48. The Labute approximate surface area is 175 Å². The topological polar surface area (TPSA) is 77.6 Å². The number of nitrogens with one attached hydrogen (secondary N) is 1. The summed E-state index contributed by atoms with van der Waals surface area (Å²) in [6.45, 7) is 8.97. The second-order valence-electron chi connectivity index (χ2n) is 7.68. The molecule has 1 N–H and O–H groups in total. The van der Waals surface area contributed by atoms with E-state index >= 15 is 0 Å². The molecule has 3 heterocycles. The van der Waals surface area contributed by atoms with Crippen LogP contribution >= 0.6 is 0 Å². The molecule has 0 fully saturated rings. The van der Waals surface area contributed by atoms with Crippen LogP contribution in [0.2, 0.25) is 0 Å². The predicted octanol–water partition coefficient (Wildman–Crippen LogP) is 4.85. The number of hydrogen-bond acceptors (Lipinski definition) is 4. The minimum atomic E-state index is -0.196. The molecule has 0 saturated carbocycles. The first-order valence-electron chi connectivity index (χ1n) is 10.3. The van der Waals surface area contributed by atoms with Crippen molar-refractivity contribution in [1.82, 2.24) is 24.5 Å². The van der Waals surface area contributed by atoms with Crippen molar-refractivity contribution < 1.29 is 4.79 Å². The van der Waals surface area contributed by atoms with Gasteiger partial charge in [-0.3, -0.25) is 4.79 Å². The second-order valence-corrected chi connectivity index (χ2v) is 7.68. The molecule has 4 aromatic rings. The molecule has 0 saturated heterocycles. The van der Waals surface area contributed by atoms with Gasteiger partial charge in [-0.25, -0.2) is 14.3 Å². The Morgan fingerprint density at radius 1 is 1.17 bits per heavy atom. The van der Waals surface area contributed by atoms with Gasteiger partial charge in [-0.1, -0.05) is 31.2 Å².